The summed E-state index contributed by atoms with van der Waals surface area (Å²) in [6.07, 6.45) is 1.18. The van der Waals surface area contributed by atoms with Crippen molar-refractivity contribution < 1.29 is 19.1 Å². The standard InChI is InChI=1S/C21H25N3O4S2/c1-4-16(29-14-7-5-13(22)6-8-14)19(26)23-20-18(21(27)28-3)15-9-10-24(12(2)25)11-17(15)30-20/h5-8,16H,4,9-11,22H2,1-3H3,(H,23,26). The third-order valence-electron chi connectivity index (χ3n) is 4.95. The number of amides is 2. The Morgan fingerprint density at radius 1 is 1.30 bits per heavy atom. The number of nitrogens with one attached hydrogen (secondary N) is 1. The highest BCUT2D eigenvalue weighted by molar-refractivity contribution is 8.00. The lowest BCUT2D eigenvalue weighted by Crippen LogP contribution is -2.34. The highest BCUT2D eigenvalue weighted by Crippen LogP contribution is 2.38. The van der Waals surface area contributed by atoms with Crippen LogP contribution in [0, 0.1) is 0 Å². The lowest BCUT2D eigenvalue weighted by atomic mass is 10.0. The van der Waals surface area contributed by atoms with Crippen LogP contribution in [0.1, 0.15) is 41.1 Å². The quantitative estimate of drug-likeness (QED) is 0.399. The van der Waals surface area contributed by atoms with Gasteiger partial charge in [-0.1, -0.05) is 6.92 Å². The zero-order valence-electron chi connectivity index (χ0n) is 17.2. The maximum absolute atomic E-state index is 13.0. The average molecular weight is 448 g/mol. The smallest absolute Gasteiger partial charge is 0.341 e. The zero-order valence-corrected chi connectivity index (χ0v) is 18.8. The first kappa shape index (κ1) is 22.2. The molecule has 1 aliphatic rings. The predicted molar refractivity (Wildman–Crippen MR) is 120 cm³/mol. The second kappa shape index (κ2) is 9.53. The van der Waals surface area contributed by atoms with Gasteiger partial charge in [0, 0.05) is 28.9 Å². The molecule has 0 saturated carbocycles. The number of rotatable bonds is 6. The summed E-state index contributed by atoms with van der Waals surface area (Å²) in [5.74, 6) is -0.657. The molecule has 160 valence electrons. The molecule has 2 amide bonds. The van der Waals surface area contributed by atoms with Gasteiger partial charge in [-0.3, -0.25) is 9.59 Å². The first-order valence-electron chi connectivity index (χ1n) is 9.65. The molecule has 0 spiro atoms. The topological polar surface area (TPSA) is 102 Å². The van der Waals surface area contributed by atoms with Crippen LogP contribution in [0.3, 0.4) is 0 Å². The molecule has 0 saturated heterocycles. The van der Waals surface area contributed by atoms with E-state index in [4.69, 9.17) is 10.5 Å². The van der Waals surface area contributed by atoms with Gasteiger partial charge >= 0.3 is 5.97 Å². The number of methoxy groups -OCH3 is 1. The van der Waals surface area contributed by atoms with Gasteiger partial charge in [0.05, 0.1) is 24.5 Å². The Labute approximate surface area is 184 Å². The summed E-state index contributed by atoms with van der Waals surface area (Å²) in [6, 6.07) is 7.37. The van der Waals surface area contributed by atoms with Crippen molar-refractivity contribution >= 4 is 51.6 Å². The van der Waals surface area contributed by atoms with E-state index in [9.17, 15) is 14.4 Å². The molecule has 3 N–H and O–H groups in total. The first-order chi connectivity index (χ1) is 14.3. The van der Waals surface area contributed by atoms with E-state index >= 15 is 0 Å². The summed E-state index contributed by atoms with van der Waals surface area (Å²) in [4.78, 5) is 40.8. The number of esters is 1. The Hall–Kier alpha value is -2.52. The predicted octanol–water partition coefficient (Wildman–Crippen LogP) is 3.53. The Morgan fingerprint density at radius 2 is 2.00 bits per heavy atom. The molecular formula is C21H25N3O4S2. The zero-order chi connectivity index (χ0) is 21.8. The largest absolute Gasteiger partial charge is 0.465 e. The van der Waals surface area contributed by atoms with Gasteiger partial charge in [0.1, 0.15) is 5.00 Å². The van der Waals surface area contributed by atoms with E-state index in [0.29, 0.717) is 42.2 Å². The molecule has 9 heteroatoms. The molecule has 0 fully saturated rings. The van der Waals surface area contributed by atoms with Gasteiger partial charge in [-0.2, -0.15) is 0 Å². The van der Waals surface area contributed by atoms with Crippen LogP contribution < -0.4 is 11.1 Å². The van der Waals surface area contributed by atoms with E-state index in [-0.39, 0.29) is 17.1 Å². The Morgan fingerprint density at radius 3 is 2.60 bits per heavy atom. The molecule has 1 unspecified atom stereocenters. The van der Waals surface area contributed by atoms with E-state index in [1.165, 1.54) is 37.1 Å². The number of ether oxygens (including phenoxy) is 1. The van der Waals surface area contributed by atoms with Crippen LogP contribution in [-0.2, 0) is 27.3 Å². The minimum atomic E-state index is -0.474. The number of carbonyl (C=O) groups is 3. The highest BCUT2D eigenvalue weighted by atomic mass is 32.2. The van der Waals surface area contributed by atoms with Gasteiger partial charge < -0.3 is 20.7 Å². The summed E-state index contributed by atoms with van der Waals surface area (Å²) in [6.45, 7) is 4.45. The van der Waals surface area contributed by atoms with Crippen molar-refractivity contribution in [3.05, 3.63) is 40.3 Å². The summed E-state index contributed by atoms with van der Waals surface area (Å²) >= 11 is 2.79. The molecule has 1 aromatic heterocycles. The number of thiophene rings is 1. The van der Waals surface area contributed by atoms with Crippen LogP contribution in [-0.4, -0.2) is 41.6 Å². The van der Waals surface area contributed by atoms with Crippen LogP contribution in [0.15, 0.2) is 29.2 Å². The lowest BCUT2D eigenvalue weighted by Gasteiger charge is -2.25. The third-order valence-corrected chi connectivity index (χ3v) is 7.46. The average Bonchev–Trinajstić information content (AvgIpc) is 3.09. The molecule has 2 aromatic rings. The van der Waals surface area contributed by atoms with Crippen molar-refractivity contribution in [3.63, 3.8) is 0 Å². The summed E-state index contributed by atoms with van der Waals surface area (Å²) in [5.41, 5.74) is 7.66. The third kappa shape index (κ3) is 4.79. The molecular weight excluding hydrogens is 422 g/mol. The van der Waals surface area contributed by atoms with Crippen molar-refractivity contribution in [3.8, 4) is 0 Å². The van der Waals surface area contributed by atoms with Crippen LogP contribution >= 0.6 is 23.1 Å². The van der Waals surface area contributed by atoms with Crippen molar-refractivity contribution in [1.82, 2.24) is 4.90 Å². The van der Waals surface area contributed by atoms with E-state index < -0.39 is 5.97 Å². The fourth-order valence-electron chi connectivity index (χ4n) is 3.30. The highest BCUT2D eigenvalue weighted by Gasteiger charge is 2.31. The monoisotopic (exact) mass is 447 g/mol. The van der Waals surface area contributed by atoms with Crippen LogP contribution in [0.5, 0.6) is 0 Å². The van der Waals surface area contributed by atoms with Gasteiger partial charge in [-0.25, -0.2) is 4.79 Å². The van der Waals surface area contributed by atoms with Gasteiger partial charge in [0.2, 0.25) is 11.8 Å². The van der Waals surface area contributed by atoms with E-state index in [0.717, 1.165) is 15.3 Å². The van der Waals surface area contributed by atoms with Gasteiger partial charge in [0.25, 0.3) is 0 Å². The van der Waals surface area contributed by atoms with Gasteiger partial charge in [0.15, 0.2) is 0 Å². The van der Waals surface area contributed by atoms with E-state index in [2.05, 4.69) is 5.32 Å². The van der Waals surface area contributed by atoms with Crippen molar-refractivity contribution in [2.45, 2.75) is 43.4 Å². The fourth-order valence-corrected chi connectivity index (χ4v) is 5.51. The molecule has 1 aromatic carbocycles. The second-order valence-corrected chi connectivity index (χ2v) is 9.34. The molecule has 7 nitrogen and oxygen atoms in total. The molecule has 0 radical (unpaired) electrons. The Balaban J connectivity index is 1.83. The summed E-state index contributed by atoms with van der Waals surface area (Å²) in [5, 5.41) is 3.10. The van der Waals surface area contributed by atoms with Gasteiger partial charge in [-0.05, 0) is 42.7 Å². The van der Waals surface area contributed by atoms with Crippen molar-refractivity contribution in [2.75, 3.05) is 24.7 Å². The Bertz CT molecular complexity index is 956. The molecule has 1 aliphatic heterocycles. The molecule has 2 heterocycles. The number of hydrogen-bond acceptors (Lipinski definition) is 7. The fraction of sp³-hybridized carbons (Fsp3) is 0.381. The van der Waals surface area contributed by atoms with Crippen LogP contribution in [0.4, 0.5) is 10.7 Å². The minimum Gasteiger partial charge on any atom is -0.465 e. The second-order valence-electron chi connectivity index (χ2n) is 6.96. The SMILES string of the molecule is CCC(Sc1ccc(N)cc1)C(=O)Nc1sc2c(c1C(=O)OC)CCN(C(C)=O)C2. The number of nitrogens with two attached hydrogens (primary N) is 1. The number of carbonyl (C=O) groups excluding carboxylic acids is 3. The number of nitrogen functional groups attached to an aromatic ring is 1. The summed E-state index contributed by atoms with van der Waals surface area (Å²) < 4.78 is 4.97. The molecule has 3 rings (SSSR count). The first-order valence-corrected chi connectivity index (χ1v) is 11.3. The molecule has 0 aliphatic carbocycles. The molecule has 30 heavy (non-hydrogen) atoms. The maximum Gasteiger partial charge on any atom is 0.341 e. The number of hydrogen-bond donors (Lipinski definition) is 2. The number of nitrogens with zero attached hydrogens (tertiary/aromatic N) is 1. The Kier molecular flexibility index (Phi) is 7.04. The van der Waals surface area contributed by atoms with Crippen LogP contribution in [0.25, 0.3) is 0 Å². The number of anilines is 2. The minimum absolute atomic E-state index is 0.00908. The molecule has 1 atom stereocenters. The van der Waals surface area contributed by atoms with E-state index in [1.807, 2.05) is 19.1 Å². The lowest BCUT2D eigenvalue weighted by molar-refractivity contribution is -0.129. The summed E-state index contributed by atoms with van der Waals surface area (Å²) in [7, 11) is 1.33. The van der Waals surface area contributed by atoms with Crippen LogP contribution in [0.2, 0.25) is 0 Å². The number of fused-ring (bicyclic) bond motifs is 1. The van der Waals surface area contributed by atoms with Gasteiger partial charge in [-0.15, -0.1) is 23.1 Å². The normalized spacial score (nSPS) is 14.0. The number of thioether (sulfide) groups is 1. The maximum atomic E-state index is 13.0. The molecule has 0 bridgehead atoms. The van der Waals surface area contributed by atoms with Crippen molar-refractivity contribution in [1.29, 1.82) is 0 Å². The number of benzene rings is 1. The van der Waals surface area contributed by atoms with E-state index in [1.54, 1.807) is 17.0 Å². The van der Waals surface area contributed by atoms with Crippen molar-refractivity contribution in [2.24, 2.45) is 0 Å².